The molecule has 2 aromatic rings. The van der Waals surface area contributed by atoms with Crippen molar-refractivity contribution < 1.29 is 8.42 Å². The number of sulfonamides is 1. The lowest BCUT2D eigenvalue weighted by Gasteiger charge is -2.21. The first-order chi connectivity index (χ1) is 9.98. The highest BCUT2D eigenvalue weighted by Crippen LogP contribution is 2.37. The first-order valence-electron chi connectivity index (χ1n) is 6.65. The molecular weight excluding hydrogens is 372 g/mol. The van der Waals surface area contributed by atoms with Crippen LogP contribution in [0, 0.1) is 6.92 Å². The van der Waals surface area contributed by atoms with Crippen molar-refractivity contribution in [3.63, 3.8) is 0 Å². The van der Waals surface area contributed by atoms with Gasteiger partial charge in [0.15, 0.2) is 0 Å². The van der Waals surface area contributed by atoms with E-state index in [0.717, 1.165) is 27.1 Å². The van der Waals surface area contributed by atoms with E-state index in [1.165, 1.54) is 11.3 Å². The first kappa shape index (κ1) is 15.1. The fourth-order valence-electron chi connectivity index (χ4n) is 2.25. The van der Waals surface area contributed by atoms with Gasteiger partial charge in [-0.15, -0.1) is 11.3 Å². The molecule has 0 N–H and O–H groups in total. The zero-order valence-corrected chi connectivity index (χ0v) is 14.7. The maximum absolute atomic E-state index is 12.9. The minimum Gasteiger partial charge on any atom is -0.265 e. The maximum Gasteiger partial charge on any atom is 0.244 e. The lowest BCUT2D eigenvalue weighted by atomic mass is 10.3. The fourth-order valence-corrected chi connectivity index (χ4v) is 6.31. The second kappa shape index (κ2) is 5.79. The Balaban J connectivity index is 1.95. The first-order valence-corrected chi connectivity index (χ1v) is 9.70. The van der Waals surface area contributed by atoms with Gasteiger partial charge in [-0.25, -0.2) is 8.42 Å². The standard InChI is InChI=1S/C14H15BrN2O2S2/c1-10-13(8-14(15)20-10)21(18,19)17(12-2-3-12)9-11-4-6-16-7-5-11/h4-8,12H,2-3,9H2,1H3. The van der Waals surface area contributed by atoms with E-state index in [4.69, 9.17) is 0 Å². The molecule has 0 atom stereocenters. The van der Waals surface area contributed by atoms with Crippen LogP contribution in [0.2, 0.25) is 0 Å². The number of hydrogen-bond donors (Lipinski definition) is 0. The van der Waals surface area contributed by atoms with Gasteiger partial charge in [0.25, 0.3) is 0 Å². The largest absolute Gasteiger partial charge is 0.265 e. The number of hydrogen-bond acceptors (Lipinski definition) is 4. The van der Waals surface area contributed by atoms with Crippen molar-refractivity contribution >= 4 is 37.3 Å². The number of rotatable bonds is 5. The van der Waals surface area contributed by atoms with E-state index in [-0.39, 0.29) is 6.04 Å². The molecule has 1 fully saturated rings. The van der Waals surface area contributed by atoms with Crippen LogP contribution in [0.25, 0.3) is 0 Å². The summed E-state index contributed by atoms with van der Waals surface area (Å²) in [6.45, 7) is 2.25. The molecule has 7 heteroatoms. The van der Waals surface area contributed by atoms with E-state index in [9.17, 15) is 8.42 Å². The van der Waals surface area contributed by atoms with Crippen molar-refractivity contribution in [2.24, 2.45) is 0 Å². The number of aryl methyl sites for hydroxylation is 1. The molecule has 0 aromatic carbocycles. The highest BCUT2D eigenvalue weighted by atomic mass is 79.9. The van der Waals surface area contributed by atoms with Crippen LogP contribution in [0.15, 0.2) is 39.3 Å². The summed E-state index contributed by atoms with van der Waals surface area (Å²) in [6, 6.07) is 5.56. The van der Waals surface area contributed by atoms with E-state index in [0.29, 0.717) is 11.4 Å². The van der Waals surface area contributed by atoms with E-state index in [2.05, 4.69) is 20.9 Å². The summed E-state index contributed by atoms with van der Waals surface area (Å²) in [5.74, 6) is 0. The number of aromatic nitrogens is 1. The van der Waals surface area contributed by atoms with Gasteiger partial charge in [0, 0.05) is 29.9 Å². The summed E-state index contributed by atoms with van der Waals surface area (Å²) < 4.78 is 28.4. The van der Waals surface area contributed by atoms with E-state index >= 15 is 0 Å². The number of halogens is 1. The monoisotopic (exact) mass is 386 g/mol. The van der Waals surface area contributed by atoms with E-state index in [1.807, 2.05) is 19.1 Å². The second-order valence-electron chi connectivity index (χ2n) is 5.11. The van der Waals surface area contributed by atoms with Gasteiger partial charge >= 0.3 is 0 Å². The van der Waals surface area contributed by atoms with Gasteiger partial charge in [-0.2, -0.15) is 4.31 Å². The van der Waals surface area contributed by atoms with Crippen LogP contribution in [-0.2, 0) is 16.6 Å². The average Bonchev–Trinajstić information content (AvgIpc) is 3.21. The maximum atomic E-state index is 12.9. The van der Waals surface area contributed by atoms with Gasteiger partial charge in [0.2, 0.25) is 10.0 Å². The fraction of sp³-hybridized carbons (Fsp3) is 0.357. The second-order valence-corrected chi connectivity index (χ2v) is 9.60. The summed E-state index contributed by atoms with van der Waals surface area (Å²) in [5.41, 5.74) is 0.965. The predicted octanol–water partition coefficient (Wildman–Crippen LogP) is 3.57. The Kier molecular flexibility index (Phi) is 4.18. The molecule has 1 aliphatic carbocycles. The zero-order chi connectivity index (χ0) is 15.0. The molecule has 2 aromatic heterocycles. The van der Waals surface area contributed by atoms with Crippen molar-refractivity contribution in [3.05, 3.63) is 44.8 Å². The molecule has 21 heavy (non-hydrogen) atoms. The summed E-state index contributed by atoms with van der Waals surface area (Å²) in [4.78, 5) is 5.22. The van der Waals surface area contributed by atoms with Gasteiger partial charge in [-0.05, 0) is 59.5 Å². The number of nitrogens with zero attached hydrogens (tertiary/aromatic N) is 2. The Morgan fingerprint density at radius 3 is 2.57 bits per heavy atom. The third-order valence-corrected chi connectivity index (χ3v) is 7.18. The third kappa shape index (κ3) is 3.21. The Hall–Kier alpha value is -0.760. The summed E-state index contributed by atoms with van der Waals surface area (Å²) in [5, 5.41) is 0. The molecule has 112 valence electrons. The molecule has 0 aliphatic heterocycles. The molecule has 0 bridgehead atoms. The van der Waals surface area contributed by atoms with Gasteiger partial charge in [0.05, 0.1) is 8.68 Å². The minimum atomic E-state index is -3.45. The molecule has 0 amide bonds. The molecule has 0 radical (unpaired) electrons. The molecule has 3 rings (SSSR count). The average molecular weight is 387 g/mol. The Labute approximate surface area is 137 Å². The van der Waals surface area contributed by atoms with Crippen molar-refractivity contribution in [2.75, 3.05) is 0 Å². The number of thiophene rings is 1. The van der Waals surface area contributed by atoms with Crippen molar-refractivity contribution in [1.82, 2.24) is 9.29 Å². The zero-order valence-electron chi connectivity index (χ0n) is 11.5. The molecule has 1 saturated carbocycles. The molecule has 0 saturated heterocycles. The van der Waals surface area contributed by atoms with Crippen LogP contribution in [0.3, 0.4) is 0 Å². The predicted molar refractivity (Wildman–Crippen MR) is 86.7 cm³/mol. The topological polar surface area (TPSA) is 50.3 Å². The molecule has 1 aliphatic rings. The molecule has 2 heterocycles. The van der Waals surface area contributed by atoms with Crippen LogP contribution >= 0.6 is 27.3 Å². The van der Waals surface area contributed by atoms with Crippen LogP contribution < -0.4 is 0 Å². The van der Waals surface area contributed by atoms with E-state index < -0.39 is 10.0 Å². The SMILES string of the molecule is Cc1sc(Br)cc1S(=O)(=O)N(Cc1ccncc1)C1CC1. The molecule has 4 nitrogen and oxygen atoms in total. The highest BCUT2D eigenvalue weighted by Gasteiger charge is 2.39. The Bertz CT molecular complexity index is 740. The number of pyridine rings is 1. The van der Waals surface area contributed by atoms with Crippen LogP contribution in [0.5, 0.6) is 0 Å². The van der Waals surface area contributed by atoms with Crippen molar-refractivity contribution in [1.29, 1.82) is 0 Å². The Morgan fingerprint density at radius 2 is 2.05 bits per heavy atom. The van der Waals surface area contributed by atoms with Crippen LogP contribution in [0.1, 0.15) is 23.3 Å². The van der Waals surface area contributed by atoms with Crippen molar-refractivity contribution in [2.45, 2.75) is 37.2 Å². The molecule has 0 spiro atoms. The Morgan fingerprint density at radius 1 is 1.38 bits per heavy atom. The lowest BCUT2D eigenvalue weighted by Crippen LogP contribution is -2.32. The minimum absolute atomic E-state index is 0.126. The highest BCUT2D eigenvalue weighted by molar-refractivity contribution is 9.11. The van der Waals surface area contributed by atoms with Gasteiger partial charge in [0.1, 0.15) is 0 Å². The smallest absolute Gasteiger partial charge is 0.244 e. The quantitative estimate of drug-likeness (QED) is 0.788. The van der Waals surface area contributed by atoms with Crippen LogP contribution in [0.4, 0.5) is 0 Å². The van der Waals surface area contributed by atoms with Gasteiger partial charge in [-0.3, -0.25) is 4.98 Å². The normalized spacial score (nSPS) is 15.6. The summed E-state index contributed by atoms with van der Waals surface area (Å²) >= 11 is 4.82. The summed E-state index contributed by atoms with van der Waals surface area (Å²) in [6.07, 6.45) is 5.27. The van der Waals surface area contributed by atoms with Gasteiger partial charge < -0.3 is 0 Å². The van der Waals surface area contributed by atoms with Crippen molar-refractivity contribution in [3.8, 4) is 0 Å². The molecular formula is C14H15BrN2O2S2. The van der Waals surface area contributed by atoms with E-state index in [1.54, 1.807) is 22.8 Å². The third-order valence-electron chi connectivity index (χ3n) is 3.47. The molecule has 0 unspecified atom stereocenters. The van der Waals surface area contributed by atoms with Crippen LogP contribution in [-0.4, -0.2) is 23.7 Å². The lowest BCUT2D eigenvalue weighted by molar-refractivity contribution is 0.398. The van der Waals surface area contributed by atoms with Gasteiger partial charge in [-0.1, -0.05) is 0 Å². The summed E-state index contributed by atoms with van der Waals surface area (Å²) in [7, 11) is -3.45.